The Morgan fingerprint density at radius 1 is 1.44 bits per heavy atom. The second-order valence-corrected chi connectivity index (χ2v) is 6.42. The molecule has 5 nitrogen and oxygen atoms in total. The normalized spacial score (nSPS) is 14.1. The summed E-state index contributed by atoms with van der Waals surface area (Å²) in [4.78, 5) is 3.32. The maximum atomic E-state index is 12.3. The minimum atomic E-state index is -3.38. The highest BCUT2D eigenvalue weighted by Crippen LogP contribution is 2.18. The van der Waals surface area contributed by atoms with E-state index in [9.17, 15) is 8.42 Å². The minimum Gasteiger partial charge on any atom is -0.363 e. The van der Waals surface area contributed by atoms with Gasteiger partial charge in [-0.05, 0) is 26.0 Å². The summed E-state index contributed by atoms with van der Waals surface area (Å²) in [5, 5.41) is 3.15. The quantitative estimate of drug-likeness (QED) is 0.792. The highest BCUT2D eigenvalue weighted by atomic mass is 32.2. The van der Waals surface area contributed by atoms with Crippen LogP contribution < -0.4 is 5.32 Å². The van der Waals surface area contributed by atoms with Gasteiger partial charge in [0.1, 0.15) is 0 Å². The number of nitrogens with zero attached hydrogens (tertiary/aromatic N) is 1. The summed E-state index contributed by atoms with van der Waals surface area (Å²) in [6.07, 6.45) is 2.35. The lowest BCUT2D eigenvalue weighted by Gasteiger charge is -2.22. The third kappa shape index (κ3) is 3.34. The fourth-order valence-corrected chi connectivity index (χ4v) is 3.04. The largest absolute Gasteiger partial charge is 0.363 e. The molecule has 1 aromatic rings. The third-order valence-electron chi connectivity index (χ3n) is 3.17. The van der Waals surface area contributed by atoms with Crippen LogP contribution in [0.4, 0.5) is 0 Å². The number of hydrogen-bond donors (Lipinski definition) is 2. The highest BCUT2D eigenvalue weighted by molar-refractivity contribution is 7.89. The van der Waals surface area contributed by atoms with Crippen LogP contribution in [0.3, 0.4) is 0 Å². The lowest BCUT2D eigenvalue weighted by atomic mass is 10.3. The van der Waals surface area contributed by atoms with Crippen molar-refractivity contribution in [1.82, 2.24) is 14.6 Å². The summed E-state index contributed by atoms with van der Waals surface area (Å²) < 4.78 is 26.0. The maximum absolute atomic E-state index is 12.3. The van der Waals surface area contributed by atoms with Crippen molar-refractivity contribution in [3.8, 4) is 0 Å². The Bertz CT molecular complexity index is 467. The second kappa shape index (κ2) is 6.36. The van der Waals surface area contributed by atoms with E-state index >= 15 is 0 Å². The molecule has 1 aromatic heterocycles. The molecule has 0 bridgehead atoms. The Morgan fingerprint density at radius 3 is 2.67 bits per heavy atom. The van der Waals surface area contributed by atoms with Gasteiger partial charge in [0.25, 0.3) is 0 Å². The van der Waals surface area contributed by atoms with E-state index in [-0.39, 0.29) is 6.04 Å². The zero-order valence-corrected chi connectivity index (χ0v) is 12.3. The van der Waals surface area contributed by atoms with Crippen molar-refractivity contribution in [2.24, 2.45) is 0 Å². The number of aromatic amines is 1. The van der Waals surface area contributed by atoms with E-state index in [0.29, 0.717) is 11.4 Å². The monoisotopic (exact) mass is 273 g/mol. The van der Waals surface area contributed by atoms with Gasteiger partial charge in [0.15, 0.2) is 0 Å². The second-order valence-electron chi connectivity index (χ2n) is 4.42. The minimum absolute atomic E-state index is 0.00196. The summed E-state index contributed by atoms with van der Waals surface area (Å²) in [5.74, 6) is 0. The summed E-state index contributed by atoms with van der Waals surface area (Å²) in [6, 6.07) is 1.69. The first-order valence-corrected chi connectivity index (χ1v) is 7.73. The molecule has 104 valence electrons. The molecule has 0 amide bonds. The first kappa shape index (κ1) is 15.2. The number of nitrogens with one attached hydrogen (secondary N) is 2. The summed E-state index contributed by atoms with van der Waals surface area (Å²) in [7, 11) is -1.75. The van der Waals surface area contributed by atoms with Gasteiger partial charge in [-0.15, -0.1) is 0 Å². The molecule has 0 radical (unpaired) electrons. The molecule has 0 spiro atoms. The Kier molecular flexibility index (Phi) is 5.37. The van der Waals surface area contributed by atoms with E-state index in [4.69, 9.17) is 0 Å². The highest BCUT2D eigenvalue weighted by Gasteiger charge is 2.25. The van der Waals surface area contributed by atoms with E-state index in [2.05, 4.69) is 10.3 Å². The van der Waals surface area contributed by atoms with Crippen LogP contribution in [0.2, 0.25) is 0 Å². The van der Waals surface area contributed by atoms with Crippen molar-refractivity contribution >= 4 is 10.0 Å². The predicted molar refractivity (Wildman–Crippen MR) is 72.9 cm³/mol. The van der Waals surface area contributed by atoms with E-state index in [1.807, 2.05) is 20.8 Å². The van der Waals surface area contributed by atoms with Crippen molar-refractivity contribution < 1.29 is 8.42 Å². The van der Waals surface area contributed by atoms with Crippen LogP contribution in [0.1, 0.15) is 32.9 Å². The van der Waals surface area contributed by atoms with Gasteiger partial charge in [-0.25, -0.2) is 8.42 Å². The van der Waals surface area contributed by atoms with Crippen molar-refractivity contribution in [1.29, 1.82) is 0 Å². The molecule has 6 heteroatoms. The SMILES string of the molecule is CCNCc1cc(S(=O)(=O)N(C)C(C)CC)c[nH]1. The molecule has 2 N–H and O–H groups in total. The average Bonchev–Trinajstić information content (AvgIpc) is 2.83. The predicted octanol–water partition coefficient (Wildman–Crippen LogP) is 1.54. The molecule has 1 heterocycles. The van der Waals surface area contributed by atoms with Crippen molar-refractivity contribution in [2.45, 2.75) is 44.7 Å². The molecular formula is C12H23N3O2S. The molecule has 1 unspecified atom stereocenters. The number of hydrogen-bond acceptors (Lipinski definition) is 3. The molecule has 1 rings (SSSR count). The van der Waals surface area contributed by atoms with Crippen LogP contribution in [0, 0.1) is 0 Å². The van der Waals surface area contributed by atoms with Gasteiger partial charge in [-0.3, -0.25) is 0 Å². The van der Waals surface area contributed by atoms with Crippen LogP contribution in [0.5, 0.6) is 0 Å². The molecule has 0 saturated carbocycles. The molecule has 0 fully saturated rings. The smallest absolute Gasteiger partial charge is 0.244 e. The lowest BCUT2D eigenvalue weighted by Crippen LogP contribution is -2.34. The van der Waals surface area contributed by atoms with E-state index in [1.54, 1.807) is 19.3 Å². The van der Waals surface area contributed by atoms with Gasteiger partial charge < -0.3 is 10.3 Å². The van der Waals surface area contributed by atoms with Crippen LogP contribution in [0.25, 0.3) is 0 Å². The first-order chi connectivity index (χ1) is 8.43. The van der Waals surface area contributed by atoms with Gasteiger partial charge in [0.05, 0.1) is 4.90 Å². The Balaban J connectivity index is 2.88. The first-order valence-electron chi connectivity index (χ1n) is 6.29. The molecule has 0 aliphatic rings. The average molecular weight is 273 g/mol. The summed E-state index contributed by atoms with van der Waals surface area (Å²) >= 11 is 0. The maximum Gasteiger partial charge on any atom is 0.244 e. The topological polar surface area (TPSA) is 65.2 Å². The number of rotatable bonds is 7. The Labute approximate surface area is 110 Å². The van der Waals surface area contributed by atoms with E-state index in [0.717, 1.165) is 18.7 Å². The molecule has 0 saturated heterocycles. The van der Waals surface area contributed by atoms with E-state index in [1.165, 1.54) is 4.31 Å². The standard InChI is InChI=1S/C12H23N3O2S/c1-5-10(3)15(4)18(16,17)12-7-11(14-9-12)8-13-6-2/h7,9-10,13-14H,5-6,8H2,1-4H3. The van der Waals surface area contributed by atoms with Crippen LogP contribution in [0.15, 0.2) is 17.2 Å². The zero-order chi connectivity index (χ0) is 13.8. The molecule has 0 aliphatic carbocycles. The Hall–Kier alpha value is -0.850. The van der Waals surface area contributed by atoms with Crippen molar-refractivity contribution in [2.75, 3.05) is 13.6 Å². The lowest BCUT2D eigenvalue weighted by molar-refractivity contribution is 0.380. The van der Waals surface area contributed by atoms with Gasteiger partial charge in [-0.2, -0.15) is 4.31 Å². The molecule has 0 aromatic carbocycles. The van der Waals surface area contributed by atoms with Crippen LogP contribution in [-0.4, -0.2) is 37.3 Å². The number of H-pyrrole nitrogens is 1. The Morgan fingerprint density at radius 2 is 2.11 bits per heavy atom. The van der Waals surface area contributed by atoms with Gasteiger partial charge in [0, 0.05) is 31.5 Å². The fourth-order valence-electron chi connectivity index (χ4n) is 1.59. The number of sulfonamides is 1. The zero-order valence-electron chi connectivity index (χ0n) is 11.5. The van der Waals surface area contributed by atoms with Crippen molar-refractivity contribution in [3.05, 3.63) is 18.0 Å². The fraction of sp³-hybridized carbons (Fsp3) is 0.667. The van der Waals surface area contributed by atoms with Crippen molar-refractivity contribution in [3.63, 3.8) is 0 Å². The van der Waals surface area contributed by atoms with Gasteiger partial charge >= 0.3 is 0 Å². The molecule has 1 atom stereocenters. The van der Waals surface area contributed by atoms with Gasteiger partial charge in [0.2, 0.25) is 10.0 Å². The van der Waals surface area contributed by atoms with Crippen LogP contribution in [-0.2, 0) is 16.6 Å². The van der Waals surface area contributed by atoms with E-state index < -0.39 is 10.0 Å². The molecule has 18 heavy (non-hydrogen) atoms. The molecule has 0 aliphatic heterocycles. The van der Waals surface area contributed by atoms with Crippen LogP contribution >= 0.6 is 0 Å². The van der Waals surface area contributed by atoms with Gasteiger partial charge in [-0.1, -0.05) is 13.8 Å². The third-order valence-corrected chi connectivity index (χ3v) is 5.12. The summed E-state index contributed by atoms with van der Waals surface area (Å²) in [6.45, 7) is 7.40. The molecular weight excluding hydrogens is 250 g/mol. The number of aromatic nitrogens is 1. The summed E-state index contributed by atoms with van der Waals surface area (Å²) in [5.41, 5.74) is 0.882.